The molecule has 0 aliphatic rings. The fourth-order valence-electron chi connectivity index (χ4n) is 1.40. The van der Waals surface area contributed by atoms with Crippen LogP contribution in [0.5, 0.6) is 0 Å². The van der Waals surface area contributed by atoms with E-state index in [0.29, 0.717) is 0 Å². The first-order chi connectivity index (χ1) is 7.59. The molecule has 1 aromatic carbocycles. The topological polar surface area (TPSA) is 0 Å². The van der Waals surface area contributed by atoms with E-state index in [4.69, 9.17) is 23.2 Å². The zero-order valence-corrected chi connectivity index (χ0v) is 12.4. The molecule has 0 saturated carbocycles. The summed E-state index contributed by atoms with van der Waals surface area (Å²) < 4.78 is 1.05. The molecule has 0 amide bonds. The quantitative estimate of drug-likeness (QED) is 0.608. The molecule has 0 spiro atoms. The highest BCUT2D eigenvalue weighted by atomic mass is 79.9. The van der Waals surface area contributed by atoms with Gasteiger partial charge in [0.15, 0.2) is 0 Å². The summed E-state index contributed by atoms with van der Waals surface area (Å²) in [5, 5.41) is 2.63. The number of halogens is 3. The first-order valence-corrected chi connectivity index (χ1v) is 7.21. The van der Waals surface area contributed by atoms with Crippen molar-refractivity contribution in [1.82, 2.24) is 0 Å². The van der Waals surface area contributed by atoms with Crippen LogP contribution in [0.3, 0.4) is 0 Å². The van der Waals surface area contributed by atoms with Crippen molar-refractivity contribution in [2.75, 3.05) is 0 Å². The van der Waals surface area contributed by atoms with Gasteiger partial charge in [0.05, 0.1) is 5.38 Å². The van der Waals surface area contributed by atoms with Crippen LogP contribution in [-0.2, 0) is 0 Å². The Labute approximate surface area is 117 Å². The maximum atomic E-state index is 6.42. The van der Waals surface area contributed by atoms with E-state index >= 15 is 0 Å². The molecule has 2 rings (SSSR count). The van der Waals surface area contributed by atoms with Gasteiger partial charge in [0.2, 0.25) is 0 Å². The SMILES string of the molecule is Cc1ccc(C(Cl)c2sccc2Br)cc1Cl. The van der Waals surface area contributed by atoms with Crippen LogP contribution in [0.1, 0.15) is 21.4 Å². The third kappa shape index (κ3) is 2.45. The average Bonchev–Trinajstić information content (AvgIpc) is 2.67. The van der Waals surface area contributed by atoms with Gasteiger partial charge in [-0.2, -0.15) is 0 Å². The lowest BCUT2D eigenvalue weighted by Crippen LogP contribution is -1.91. The fraction of sp³-hybridized carbons (Fsp3) is 0.167. The molecule has 0 N–H and O–H groups in total. The average molecular weight is 336 g/mol. The summed E-state index contributed by atoms with van der Waals surface area (Å²) in [6, 6.07) is 7.95. The molecule has 1 heterocycles. The molecule has 0 fully saturated rings. The summed E-state index contributed by atoms with van der Waals surface area (Å²) in [6.45, 7) is 1.98. The first kappa shape index (κ1) is 12.4. The van der Waals surface area contributed by atoms with Crippen molar-refractivity contribution in [1.29, 1.82) is 0 Å². The fourth-order valence-corrected chi connectivity index (χ4v) is 3.74. The van der Waals surface area contributed by atoms with Crippen LogP contribution >= 0.6 is 50.5 Å². The largest absolute Gasteiger partial charge is 0.146 e. The minimum absolute atomic E-state index is 0.146. The first-order valence-electron chi connectivity index (χ1n) is 4.72. The molecule has 16 heavy (non-hydrogen) atoms. The summed E-state index contributed by atoms with van der Waals surface area (Å²) in [7, 11) is 0. The van der Waals surface area contributed by atoms with E-state index < -0.39 is 0 Å². The summed E-state index contributed by atoms with van der Waals surface area (Å²) in [5.41, 5.74) is 2.10. The number of alkyl halides is 1. The summed E-state index contributed by atoms with van der Waals surface area (Å²) in [6.07, 6.45) is 0. The Morgan fingerprint density at radius 1 is 1.31 bits per heavy atom. The number of aryl methyl sites for hydroxylation is 1. The van der Waals surface area contributed by atoms with Crippen LogP contribution < -0.4 is 0 Å². The minimum Gasteiger partial charge on any atom is -0.146 e. The van der Waals surface area contributed by atoms with Gasteiger partial charge in [-0.3, -0.25) is 0 Å². The third-order valence-electron chi connectivity index (χ3n) is 2.36. The maximum Gasteiger partial charge on any atom is 0.0939 e. The second-order valence-corrected chi connectivity index (χ2v) is 6.15. The molecule has 0 nitrogen and oxygen atoms in total. The van der Waals surface area contributed by atoms with Crippen molar-refractivity contribution in [3.05, 3.63) is 55.1 Å². The van der Waals surface area contributed by atoms with Gasteiger partial charge < -0.3 is 0 Å². The highest BCUT2D eigenvalue weighted by Crippen LogP contribution is 2.38. The molecule has 0 aliphatic heterocycles. The molecule has 1 atom stereocenters. The van der Waals surface area contributed by atoms with Crippen molar-refractivity contribution in [3.8, 4) is 0 Å². The van der Waals surface area contributed by atoms with E-state index in [1.54, 1.807) is 11.3 Å². The molecule has 0 aliphatic carbocycles. The standard InChI is InChI=1S/C12H9BrCl2S/c1-7-2-3-8(6-10(7)14)11(15)12-9(13)4-5-16-12/h2-6,11H,1H3. The van der Waals surface area contributed by atoms with Crippen LogP contribution in [0, 0.1) is 6.92 Å². The van der Waals surface area contributed by atoms with Gasteiger partial charge in [-0.25, -0.2) is 0 Å². The Hall–Kier alpha value is -0.0200. The number of hydrogen-bond donors (Lipinski definition) is 0. The maximum absolute atomic E-state index is 6.42. The van der Waals surface area contributed by atoms with Crippen LogP contribution in [0.25, 0.3) is 0 Å². The van der Waals surface area contributed by atoms with E-state index in [0.717, 1.165) is 25.5 Å². The van der Waals surface area contributed by atoms with Gasteiger partial charge >= 0.3 is 0 Å². The highest BCUT2D eigenvalue weighted by Gasteiger charge is 2.15. The molecular weight excluding hydrogens is 327 g/mol. The molecule has 1 aromatic heterocycles. The van der Waals surface area contributed by atoms with Crippen molar-refractivity contribution in [2.24, 2.45) is 0 Å². The lowest BCUT2D eigenvalue weighted by molar-refractivity contribution is 1.17. The van der Waals surface area contributed by atoms with Gasteiger partial charge in [-0.1, -0.05) is 23.7 Å². The summed E-state index contributed by atoms with van der Waals surface area (Å²) in [4.78, 5) is 1.11. The van der Waals surface area contributed by atoms with Crippen molar-refractivity contribution in [3.63, 3.8) is 0 Å². The zero-order chi connectivity index (χ0) is 11.7. The highest BCUT2D eigenvalue weighted by molar-refractivity contribution is 9.10. The third-order valence-corrected chi connectivity index (χ3v) is 5.31. The van der Waals surface area contributed by atoms with Gasteiger partial charge in [0, 0.05) is 14.4 Å². The van der Waals surface area contributed by atoms with E-state index in [1.807, 2.05) is 36.6 Å². The van der Waals surface area contributed by atoms with E-state index in [2.05, 4.69) is 15.9 Å². The molecule has 2 aromatic rings. The van der Waals surface area contributed by atoms with Crippen molar-refractivity contribution in [2.45, 2.75) is 12.3 Å². The normalized spacial score (nSPS) is 12.8. The van der Waals surface area contributed by atoms with Gasteiger partial charge in [-0.15, -0.1) is 22.9 Å². The van der Waals surface area contributed by atoms with Gasteiger partial charge in [0.1, 0.15) is 0 Å². The van der Waals surface area contributed by atoms with E-state index in [1.165, 1.54) is 0 Å². The molecular formula is C12H9BrCl2S. The zero-order valence-electron chi connectivity index (χ0n) is 8.51. The number of thiophene rings is 1. The smallest absolute Gasteiger partial charge is 0.0939 e. The second kappa shape index (κ2) is 5.09. The monoisotopic (exact) mass is 334 g/mol. The molecule has 0 radical (unpaired) electrons. The number of benzene rings is 1. The predicted molar refractivity (Wildman–Crippen MR) is 75.9 cm³/mol. The van der Waals surface area contributed by atoms with Crippen molar-refractivity contribution >= 4 is 50.5 Å². The molecule has 84 valence electrons. The molecule has 4 heteroatoms. The molecule has 0 bridgehead atoms. The lowest BCUT2D eigenvalue weighted by atomic mass is 10.1. The van der Waals surface area contributed by atoms with Crippen LogP contribution in [-0.4, -0.2) is 0 Å². The number of hydrogen-bond acceptors (Lipinski definition) is 1. The van der Waals surface area contributed by atoms with Crippen LogP contribution in [0.4, 0.5) is 0 Å². The Kier molecular flexibility index (Phi) is 3.96. The van der Waals surface area contributed by atoms with Gasteiger partial charge in [0.25, 0.3) is 0 Å². The van der Waals surface area contributed by atoms with E-state index in [-0.39, 0.29) is 5.38 Å². The Morgan fingerprint density at radius 2 is 2.06 bits per heavy atom. The lowest BCUT2D eigenvalue weighted by Gasteiger charge is -2.10. The Bertz CT molecular complexity index is 507. The minimum atomic E-state index is -0.146. The van der Waals surface area contributed by atoms with Crippen LogP contribution in [0.2, 0.25) is 5.02 Å². The van der Waals surface area contributed by atoms with Gasteiger partial charge in [-0.05, 0) is 51.5 Å². The second-order valence-electron chi connectivity index (χ2n) is 3.50. The number of rotatable bonds is 2. The van der Waals surface area contributed by atoms with Crippen LogP contribution in [0.15, 0.2) is 34.1 Å². The Morgan fingerprint density at radius 3 is 2.62 bits per heavy atom. The summed E-state index contributed by atoms with van der Waals surface area (Å²) in [5.74, 6) is 0. The van der Waals surface area contributed by atoms with Crippen molar-refractivity contribution < 1.29 is 0 Å². The molecule has 1 unspecified atom stereocenters. The Balaban J connectivity index is 2.38. The summed E-state index contributed by atoms with van der Waals surface area (Å²) >= 11 is 17.6. The molecule has 0 saturated heterocycles. The van der Waals surface area contributed by atoms with E-state index in [9.17, 15) is 0 Å². The predicted octanol–water partition coefficient (Wildman–Crippen LogP) is 5.80.